The van der Waals surface area contributed by atoms with Crippen LogP contribution in [0.3, 0.4) is 0 Å². The lowest BCUT2D eigenvalue weighted by Gasteiger charge is -2.20. The molecule has 0 aliphatic carbocycles. The van der Waals surface area contributed by atoms with Gasteiger partial charge < -0.3 is 10.6 Å². The Balaban J connectivity index is 2.00. The molecule has 1 unspecified atom stereocenters. The molecule has 5 nitrogen and oxygen atoms in total. The Bertz CT molecular complexity index is 707. The van der Waals surface area contributed by atoms with E-state index in [9.17, 15) is 9.59 Å². The number of nitrogens with zero attached hydrogens (tertiary/aromatic N) is 1. The number of benzene rings is 1. The lowest BCUT2D eigenvalue weighted by atomic mass is 10.0. The Morgan fingerprint density at radius 1 is 1.21 bits per heavy atom. The standard InChI is InChI=1S/C18H23N3O2S/c1-11(2)16(20-13(4)22)17(23)21-18-19-10-15(24-18)9-14-7-5-12(3)6-8-14/h5-8,10-11,16H,9H2,1-4H3,(H,20,22)(H,19,21,23). The molecule has 0 aliphatic rings. The summed E-state index contributed by atoms with van der Waals surface area (Å²) in [5.41, 5.74) is 2.44. The first kappa shape index (κ1) is 18.1. The third-order valence-electron chi connectivity index (χ3n) is 3.59. The first-order valence-corrected chi connectivity index (χ1v) is 8.75. The maximum absolute atomic E-state index is 12.3. The van der Waals surface area contributed by atoms with Crippen molar-refractivity contribution >= 4 is 28.3 Å². The summed E-state index contributed by atoms with van der Waals surface area (Å²) in [5, 5.41) is 6.03. The van der Waals surface area contributed by atoms with E-state index in [-0.39, 0.29) is 17.7 Å². The summed E-state index contributed by atoms with van der Waals surface area (Å²) >= 11 is 1.45. The van der Waals surface area contributed by atoms with Crippen LogP contribution in [0.25, 0.3) is 0 Å². The smallest absolute Gasteiger partial charge is 0.248 e. The van der Waals surface area contributed by atoms with Gasteiger partial charge in [0.15, 0.2) is 5.13 Å². The van der Waals surface area contributed by atoms with Gasteiger partial charge in [-0.15, -0.1) is 11.3 Å². The fourth-order valence-electron chi connectivity index (χ4n) is 2.29. The zero-order valence-corrected chi connectivity index (χ0v) is 15.2. The van der Waals surface area contributed by atoms with Crippen LogP contribution in [0.5, 0.6) is 0 Å². The number of nitrogens with one attached hydrogen (secondary N) is 2. The van der Waals surface area contributed by atoms with Crippen molar-refractivity contribution in [2.24, 2.45) is 5.92 Å². The molecule has 2 amide bonds. The normalized spacial score (nSPS) is 12.0. The number of carbonyl (C=O) groups is 2. The van der Waals surface area contributed by atoms with Gasteiger partial charge in [-0.2, -0.15) is 0 Å². The van der Waals surface area contributed by atoms with Gasteiger partial charge in [0.1, 0.15) is 6.04 Å². The van der Waals surface area contributed by atoms with Crippen LogP contribution in [-0.2, 0) is 16.0 Å². The molecule has 6 heteroatoms. The van der Waals surface area contributed by atoms with Crippen LogP contribution in [0, 0.1) is 12.8 Å². The van der Waals surface area contributed by atoms with E-state index in [0.717, 1.165) is 11.3 Å². The van der Waals surface area contributed by atoms with Crippen molar-refractivity contribution < 1.29 is 9.59 Å². The molecule has 0 saturated carbocycles. The quantitative estimate of drug-likeness (QED) is 0.845. The molecule has 1 aromatic heterocycles. The molecule has 0 aliphatic heterocycles. The van der Waals surface area contributed by atoms with Crippen LogP contribution in [0.4, 0.5) is 5.13 Å². The van der Waals surface area contributed by atoms with Crippen molar-refractivity contribution in [2.45, 2.75) is 40.2 Å². The predicted octanol–water partition coefficient (Wildman–Crippen LogP) is 3.14. The Hall–Kier alpha value is -2.21. The monoisotopic (exact) mass is 345 g/mol. The van der Waals surface area contributed by atoms with Gasteiger partial charge in [0, 0.05) is 24.4 Å². The molecule has 1 atom stereocenters. The molecule has 2 aromatic rings. The number of aromatic nitrogens is 1. The average molecular weight is 345 g/mol. The van der Waals surface area contributed by atoms with E-state index in [1.165, 1.54) is 29.4 Å². The van der Waals surface area contributed by atoms with Gasteiger partial charge in [0.05, 0.1) is 0 Å². The molecule has 128 valence electrons. The lowest BCUT2D eigenvalue weighted by Crippen LogP contribution is -2.46. The Labute approximate surface area is 146 Å². The maximum Gasteiger partial charge on any atom is 0.248 e. The van der Waals surface area contributed by atoms with Crippen LogP contribution in [-0.4, -0.2) is 22.8 Å². The highest BCUT2D eigenvalue weighted by atomic mass is 32.1. The van der Waals surface area contributed by atoms with Gasteiger partial charge in [0.2, 0.25) is 11.8 Å². The summed E-state index contributed by atoms with van der Waals surface area (Å²) in [6.45, 7) is 7.26. The third-order valence-corrected chi connectivity index (χ3v) is 4.50. The molecular formula is C18H23N3O2S. The minimum atomic E-state index is -0.563. The summed E-state index contributed by atoms with van der Waals surface area (Å²) in [6, 6.07) is 7.80. The van der Waals surface area contributed by atoms with E-state index in [2.05, 4.69) is 46.8 Å². The first-order chi connectivity index (χ1) is 11.3. The second-order valence-electron chi connectivity index (χ2n) is 6.21. The van der Waals surface area contributed by atoms with Gasteiger partial charge in [-0.3, -0.25) is 9.59 Å². The summed E-state index contributed by atoms with van der Waals surface area (Å²) in [7, 11) is 0. The van der Waals surface area contributed by atoms with Crippen molar-refractivity contribution in [1.82, 2.24) is 10.3 Å². The van der Waals surface area contributed by atoms with Crippen LogP contribution in [0.1, 0.15) is 36.8 Å². The van der Waals surface area contributed by atoms with Crippen molar-refractivity contribution in [2.75, 3.05) is 5.32 Å². The molecule has 1 aromatic carbocycles. The number of thiazole rings is 1. The predicted molar refractivity (Wildman–Crippen MR) is 97.2 cm³/mol. The van der Waals surface area contributed by atoms with Gasteiger partial charge in [-0.25, -0.2) is 4.98 Å². The molecule has 0 radical (unpaired) electrons. The highest BCUT2D eigenvalue weighted by Gasteiger charge is 2.23. The molecule has 1 heterocycles. The maximum atomic E-state index is 12.3. The summed E-state index contributed by atoms with van der Waals surface area (Å²) in [4.78, 5) is 28.9. The van der Waals surface area contributed by atoms with E-state index in [4.69, 9.17) is 0 Å². The Morgan fingerprint density at radius 3 is 2.46 bits per heavy atom. The highest BCUT2D eigenvalue weighted by Crippen LogP contribution is 2.22. The lowest BCUT2D eigenvalue weighted by molar-refractivity contribution is -0.126. The van der Waals surface area contributed by atoms with Crippen molar-refractivity contribution in [3.63, 3.8) is 0 Å². The molecule has 2 N–H and O–H groups in total. The third kappa shape index (κ3) is 5.16. The number of carbonyl (C=O) groups excluding carboxylic acids is 2. The fraction of sp³-hybridized carbons (Fsp3) is 0.389. The number of hydrogen-bond acceptors (Lipinski definition) is 4. The topological polar surface area (TPSA) is 71.1 Å². The molecule has 24 heavy (non-hydrogen) atoms. The molecule has 0 spiro atoms. The van der Waals surface area contributed by atoms with Gasteiger partial charge >= 0.3 is 0 Å². The summed E-state index contributed by atoms with van der Waals surface area (Å²) in [5.74, 6) is -0.458. The Kier molecular flexibility index (Phi) is 6.09. The van der Waals surface area contributed by atoms with E-state index < -0.39 is 6.04 Å². The van der Waals surface area contributed by atoms with Crippen molar-refractivity contribution in [1.29, 1.82) is 0 Å². The van der Waals surface area contributed by atoms with Gasteiger partial charge in [0.25, 0.3) is 0 Å². The van der Waals surface area contributed by atoms with Gasteiger partial charge in [-0.05, 0) is 18.4 Å². The second kappa shape index (κ2) is 8.06. The van der Waals surface area contributed by atoms with Crippen molar-refractivity contribution in [3.05, 3.63) is 46.5 Å². The summed E-state index contributed by atoms with van der Waals surface area (Å²) in [6.07, 6.45) is 2.57. The molecular weight excluding hydrogens is 322 g/mol. The number of aryl methyl sites for hydroxylation is 1. The zero-order valence-electron chi connectivity index (χ0n) is 14.4. The van der Waals surface area contributed by atoms with Crippen LogP contribution in [0.2, 0.25) is 0 Å². The van der Waals surface area contributed by atoms with E-state index in [0.29, 0.717) is 5.13 Å². The van der Waals surface area contributed by atoms with E-state index in [1.807, 2.05) is 13.8 Å². The number of amides is 2. The zero-order chi connectivity index (χ0) is 17.7. The second-order valence-corrected chi connectivity index (χ2v) is 7.32. The number of hydrogen-bond donors (Lipinski definition) is 2. The van der Waals surface area contributed by atoms with Crippen molar-refractivity contribution in [3.8, 4) is 0 Å². The number of anilines is 1. The van der Waals surface area contributed by atoms with E-state index in [1.54, 1.807) is 6.20 Å². The summed E-state index contributed by atoms with van der Waals surface area (Å²) < 4.78 is 0. The number of rotatable bonds is 6. The highest BCUT2D eigenvalue weighted by molar-refractivity contribution is 7.15. The minimum Gasteiger partial charge on any atom is -0.344 e. The average Bonchev–Trinajstić information content (AvgIpc) is 2.93. The molecule has 0 saturated heterocycles. The van der Waals surface area contributed by atoms with Crippen LogP contribution < -0.4 is 10.6 Å². The largest absolute Gasteiger partial charge is 0.344 e. The molecule has 2 rings (SSSR count). The van der Waals surface area contributed by atoms with Gasteiger partial charge in [-0.1, -0.05) is 43.7 Å². The SMILES string of the molecule is CC(=O)NC(C(=O)Nc1ncc(Cc2ccc(C)cc2)s1)C(C)C. The van der Waals surface area contributed by atoms with Crippen LogP contribution in [0.15, 0.2) is 30.5 Å². The molecule has 0 fully saturated rings. The molecule has 0 bridgehead atoms. The van der Waals surface area contributed by atoms with E-state index >= 15 is 0 Å². The van der Waals surface area contributed by atoms with Crippen LogP contribution >= 0.6 is 11.3 Å². The Morgan fingerprint density at radius 2 is 1.88 bits per heavy atom. The fourth-order valence-corrected chi connectivity index (χ4v) is 3.14. The first-order valence-electron chi connectivity index (χ1n) is 7.93. The minimum absolute atomic E-state index is 0.000825.